The molecule has 0 saturated carbocycles. The van der Waals surface area contributed by atoms with E-state index in [9.17, 15) is 9.59 Å². The predicted molar refractivity (Wildman–Crippen MR) is 83.8 cm³/mol. The first-order valence-corrected chi connectivity index (χ1v) is 7.31. The molecule has 2 aromatic rings. The molecule has 2 N–H and O–H groups in total. The first-order chi connectivity index (χ1) is 9.49. The van der Waals surface area contributed by atoms with Gasteiger partial charge in [0, 0.05) is 14.6 Å². The van der Waals surface area contributed by atoms with Crippen LogP contribution in [0.3, 0.4) is 0 Å². The second-order valence-corrected chi connectivity index (χ2v) is 6.12. The van der Waals surface area contributed by atoms with Gasteiger partial charge in [-0.3, -0.25) is 9.59 Å². The molecule has 1 aliphatic rings. The molecule has 20 heavy (non-hydrogen) atoms. The number of anilines is 2. The monoisotopic (exact) mass is 394 g/mol. The lowest BCUT2D eigenvalue weighted by Crippen LogP contribution is -2.29. The van der Waals surface area contributed by atoms with Gasteiger partial charge in [0.25, 0.3) is 11.8 Å². The van der Waals surface area contributed by atoms with Gasteiger partial charge >= 0.3 is 0 Å². The van der Waals surface area contributed by atoms with Gasteiger partial charge in [-0.2, -0.15) is 0 Å². The van der Waals surface area contributed by atoms with E-state index in [1.165, 1.54) is 6.07 Å². The normalized spacial score (nSPS) is 13.8. The van der Waals surface area contributed by atoms with Gasteiger partial charge in [0.1, 0.15) is 0 Å². The molecule has 0 spiro atoms. The molecular formula is C14H8Br2N2O2. The average molecular weight is 396 g/mol. The summed E-state index contributed by atoms with van der Waals surface area (Å²) in [6, 6.07) is 10.0. The molecule has 2 aromatic carbocycles. The Hall–Kier alpha value is -1.66. The molecule has 2 amide bonds. The number of nitrogens with two attached hydrogens (primary N) is 1. The molecule has 0 unspecified atom stereocenters. The molecule has 0 aromatic heterocycles. The fraction of sp³-hybridized carbons (Fsp3) is 0. The van der Waals surface area contributed by atoms with E-state index in [0.29, 0.717) is 27.0 Å². The highest BCUT2D eigenvalue weighted by atomic mass is 79.9. The van der Waals surface area contributed by atoms with Crippen molar-refractivity contribution in [2.24, 2.45) is 0 Å². The van der Waals surface area contributed by atoms with Crippen molar-refractivity contribution in [2.75, 3.05) is 10.6 Å². The van der Waals surface area contributed by atoms with Crippen molar-refractivity contribution in [1.82, 2.24) is 0 Å². The summed E-state index contributed by atoms with van der Waals surface area (Å²) in [5.74, 6) is -0.708. The molecule has 0 saturated heterocycles. The summed E-state index contributed by atoms with van der Waals surface area (Å²) >= 11 is 6.70. The van der Waals surface area contributed by atoms with Crippen LogP contribution in [0.5, 0.6) is 0 Å². The van der Waals surface area contributed by atoms with E-state index in [1.54, 1.807) is 24.3 Å². The Morgan fingerprint density at radius 1 is 0.900 bits per heavy atom. The Labute approximate surface area is 131 Å². The average Bonchev–Trinajstić information content (AvgIpc) is 2.65. The fourth-order valence-electron chi connectivity index (χ4n) is 2.13. The SMILES string of the molecule is Nc1ccc2c(c1)C(=O)N(c1cc(Br)ccc1Br)C2=O. The van der Waals surface area contributed by atoms with Crippen LogP contribution in [-0.2, 0) is 0 Å². The van der Waals surface area contributed by atoms with Crippen LogP contribution in [0.1, 0.15) is 20.7 Å². The zero-order valence-electron chi connectivity index (χ0n) is 10.1. The van der Waals surface area contributed by atoms with Crippen LogP contribution in [0, 0.1) is 0 Å². The summed E-state index contributed by atoms with van der Waals surface area (Å²) in [5, 5.41) is 0. The molecule has 0 bridgehead atoms. The Balaban J connectivity index is 2.16. The summed E-state index contributed by atoms with van der Waals surface area (Å²) in [6.45, 7) is 0. The maximum atomic E-state index is 12.4. The molecule has 1 aliphatic heterocycles. The Morgan fingerprint density at radius 3 is 2.35 bits per heavy atom. The number of hydrogen-bond acceptors (Lipinski definition) is 3. The molecule has 6 heteroatoms. The van der Waals surface area contributed by atoms with Crippen molar-refractivity contribution in [2.45, 2.75) is 0 Å². The summed E-state index contributed by atoms with van der Waals surface area (Å²) in [7, 11) is 0. The van der Waals surface area contributed by atoms with Gasteiger partial charge in [-0.15, -0.1) is 0 Å². The summed E-state index contributed by atoms with van der Waals surface area (Å²) in [5.41, 5.74) is 7.35. The van der Waals surface area contributed by atoms with E-state index in [2.05, 4.69) is 31.9 Å². The van der Waals surface area contributed by atoms with Gasteiger partial charge in [-0.05, 0) is 52.3 Å². The van der Waals surface area contributed by atoms with E-state index in [0.717, 1.165) is 9.37 Å². The third kappa shape index (κ3) is 1.96. The number of rotatable bonds is 1. The van der Waals surface area contributed by atoms with Gasteiger partial charge in [0.05, 0.1) is 16.8 Å². The second kappa shape index (κ2) is 4.71. The third-order valence-corrected chi connectivity index (χ3v) is 4.22. The van der Waals surface area contributed by atoms with Crippen molar-refractivity contribution < 1.29 is 9.59 Å². The Morgan fingerprint density at radius 2 is 1.60 bits per heavy atom. The number of fused-ring (bicyclic) bond motifs is 1. The second-order valence-electron chi connectivity index (χ2n) is 4.35. The molecule has 0 radical (unpaired) electrons. The quantitative estimate of drug-likeness (QED) is 0.592. The first-order valence-electron chi connectivity index (χ1n) is 5.72. The van der Waals surface area contributed by atoms with Crippen LogP contribution in [0.25, 0.3) is 0 Å². The number of hydrogen-bond donors (Lipinski definition) is 1. The lowest BCUT2D eigenvalue weighted by Gasteiger charge is -2.16. The molecule has 100 valence electrons. The predicted octanol–water partition coefficient (Wildman–Crippen LogP) is 3.59. The molecule has 0 fully saturated rings. The number of halogens is 2. The van der Waals surface area contributed by atoms with Gasteiger partial charge in [-0.25, -0.2) is 4.90 Å². The van der Waals surface area contributed by atoms with Crippen molar-refractivity contribution in [3.05, 3.63) is 56.5 Å². The molecular weight excluding hydrogens is 388 g/mol. The van der Waals surface area contributed by atoms with Crippen molar-refractivity contribution in [1.29, 1.82) is 0 Å². The van der Waals surface area contributed by atoms with Crippen LogP contribution in [0.15, 0.2) is 45.3 Å². The van der Waals surface area contributed by atoms with Crippen molar-refractivity contribution in [3.63, 3.8) is 0 Å². The number of benzene rings is 2. The number of carbonyl (C=O) groups is 2. The van der Waals surface area contributed by atoms with Crippen LogP contribution >= 0.6 is 31.9 Å². The summed E-state index contributed by atoms with van der Waals surface area (Å²) < 4.78 is 1.45. The molecule has 0 atom stereocenters. The maximum Gasteiger partial charge on any atom is 0.266 e. The Kier molecular flexibility index (Phi) is 3.14. The van der Waals surface area contributed by atoms with E-state index in [-0.39, 0.29) is 11.8 Å². The minimum atomic E-state index is -0.365. The van der Waals surface area contributed by atoms with Gasteiger partial charge in [0.2, 0.25) is 0 Å². The Bertz CT molecular complexity index is 759. The molecule has 1 heterocycles. The smallest absolute Gasteiger partial charge is 0.266 e. The standard InChI is InChI=1S/C14H8Br2N2O2/c15-7-1-4-11(16)12(5-7)18-13(19)9-3-2-8(17)6-10(9)14(18)20/h1-6H,17H2. The van der Waals surface area contributed by atoms with Crippen molar-refractivity contribution in [3.8, 4) is 0 Å². The van der Waals surface area contributed by atoms with Crippen LogP contribution in [0.4, 0.5) is 11.4 Å². The third-order valence-electron chi connectivity index (χ3n) is 3.06. The highest BCUT2D eigenvalue weighted by Gasteiger charge is 2.37. The number of carbonyl (C=O) groups excluding carboxylic acids is 2. The zero-order valence-corrected chi connectivity index (χ0v) is 13.2. The minimum Gasteiger partial charge on any atom is -0.399 e. The summed E-state index contributed by atoms with van der Waals surface area (Å²) in [6.07, 6.45) is 0. The fourth-order valence-corrected chi connectivity index (χ4v) is 2.91. The van der Waals surface area contributed by atoms with Gasteiger partial charge < -0.3 is 5.73 Å². The minimum absolute atomic E-state index is 0.335. The number of nitrogen functional groups attached to an aromatic ring is 1. The topological polar surface area (TPSA) is 63.4 Å². The van der Waals surface area contributed by atoms with E-state index in [1.807, 2.05) is 6.07 Å². The van der Waals surface area contributed by atoms with Crippen LogP contribution in [-0.4, -0.2) is 11.8 Å². The summed E-state index contributed by atoms with van der Waals surface area (Å²) in [4.78, 5) is 26.0. The number of amides is 2. The molecule has 4 nitrogen and oxygen atoms in total. The lowest BCUT2D eigenvalue weighted by molar-refractivity contribution is 0.0926. The van der Waals surface area contributed by atoms with E-state index in [4.69, 9.17) is 5.73 Å². The molecule has 3 rings (SSSR count). The maximum absolute atomic E-state index is 12.4. The van der Waals surface area contributed by atoms with E-state index < -0.39 is 0 Å². The van der Waals surface area contributed by atoms with Crippen molar-refractivity contribution >= 4 is 55.0 Å². The molecule has 0 aliphatic carbocycles. The zero-order chi connectivity index (χ0) is 14.4. The first kappa shape index (κ1) is 13.3. The highest BCUT2D eigenvalue weighted by molar-refractivity contribution is 9.11. The number of nitrogens with zero attached hydrogens (tertiary/aromatic N) is 1. The van der Waals surface area contributed by atoms with Crippen LogP contribution in [0.2, 0.25) is 0 Å². The largest absolute Gasteiger partial charge is 0.399 e. The lowest BCUT2D eigenvalue weighted by atomic mass is 10.1. The number of imide groups is 1. The van der Waals surface area contributed by atoms with Gasteiger partial charge in [-0.1, -0.05) is 15.9 Å². The van der Waals surface area contributed by atoms with Gasteiger partial charge in [0.15, 0.2) is 0 Å². The highest BCUT2D eigenvalue weighted by Crippen LogP contribution is 2.35. The van der Waals surface area contributed by atoms with Crippen LogP contribution < -0.4 is 10.6 Å². The van der Waals surface area contributed by atoms with E-state index >= 15 is 0 Å².